The molecule has 1 aromatic heterocycles. The highest BCUT2D eigenvalue weighted by Crippen LogP contribution is 2.46. The van der Waals surface area contributed by atoms with Gasteiger partial charge in [-0.2, -0.15) is 26.3 Å². The van der Waals surface area contributed by atoms with E-state index in [2.05, 4.69) is 0 Å². The van der Waals surface area contributed by atoms with Gasteiger partial charge < -0.3 is 15.2 Å². The van der Waals surface area contributed by atoms with Crippen molar-refractivity contribution in [1.29, 1.82) is 0 Å². The molecule has 12 heteroatoms. The number of anilines is 1. The molecule has 1 heterocycles. The smallest absolute Gasteiger partial charge is 0.426 e. The Bertz CT molecular complexity index is 757. The first-order valence-corrected chi connectivity index (χ1v) is 9.60. The number of ether oxygens (including phenoxy) is 1. The second kappa shape index (κ2) is 8.50. The first kappa shape index (κ1) is 23.5. The van der Waals surface area contributed by atoms with Crippen LogP contribution in [0.2, 0.25) is 0 Å². The highest BCUT2D eigenvalue weighted by molar-refractivity contribution is 7.17. The highest BCUT2D eigenvalue weighted by Gasteiger charge is 2.71. The molecule has 0 saturated heterocycles. The van der Waals surface area contributed by atoms with Gasteiger partial charge in [0.1, 0.15) is 5.00 Å². The number of nitrogens with one attached hydrogen (secondary N) is 1. The largest absolute Gasteiger partial charge is 0.462 e. The topological polar surface area (TPSA) is 75.6 Å². The number of hydrogen-bond acceptors (Lipinski definition) is 5. The number of alkyl halides is 6. The molecule has 2 rings (SSSR count). The van der Waals surface area contributed by atoms with Gasteiger partial charge in [-0.1, -0.05) is 6.42 Å². The summed E-state index contributed by atoms with van der Waals surface area (Å²) in [6, 6.07) is 0. The maximum atomic E-state index is 12.8. The lowest BCUT2D eigenvalue weighted by Crippen LogP contribution is -2.58. The molecule has 0 unspecified atom stereocenters. The number of aliphatic hydroxyl groups is 1. The van der Waals surface area contributed by atoms with Gasteiger partial charge in [0.25, 0.3) is 5.60 Å². The van der Waals surface area contributed by atoms with Crippen molar-refractivity contribution in [3.05, 3.63) is 16.0 Å². The molecular weight excluding hydrogens is 428 g/mol. The van der Waals surface area contributed by atoms with Gasteiger partial charge in [-0.3, -0.25) is 4.79 Å². The van der Waals surface area contributed by atoms with E-state index in [-0.39, 0.29) is 17.2 Å². The number of carbonyl (C=O) groups excluding carboxylic acids is 2. The Morgan fingerprint density at radius 2 is 1.66 bits per heavy atom. The Kier molecular flexibility index (Phi) is 6.88. The Hall–Kier alpha value is -1.82. The third-order valence-corrected chi connectivity index (χ3v) is 5.72. The molecule has 0 fully saturated rings. The van der Waals surface area contributed by atoms with Gasteiger partial charge in [-0.25, -0.2) is 4.79 Å². The summed E-state index contributed by atoms with van der Waals surface area (Å²) in [6.07, 6.45) is -11.0. The molecule has 29 heavy (non-hydrogen) atoms. The SMILES string of the molecule is CCOC(=O)c1c(NC(=O)CC(O)(C(F)(F)F)C(F)(F)F)sc2c1CCCCC2. The number of rotatable bonds is 5. The summed E-state index contributed by atoms with van der Waals surface area (Å²) in [5.74, 6) is -2.53. The van der Waals surface area contributed by atoms with Crippen molar-refractivity contribution < 1.29 is 45.8 Å². The van der Waals surface area contributed by atoms with Crippen LogP contribution in [0.15, 0.2) is 0 Å². The molecule has 2 N–H and O–H groups in total. The van der Waals surface area contributed by atoms with Crippen LogP contribution in [-0.4, -0.2) is 41.5 Å². The predicted molar refractivity (Wildman–Crippen MR) is 91.8 cm³/mol. The van der Waals surface area contributed by atoms with Crippen LogP contribution >= 0.6 is 11.3 Å². The molecule has 1 aromatic rings. The van der Waals surface area contributed by atoms with Crippen LogP contribution in [0.5, 0.6) is 0 Å². The maximum Gasteiger partial charge on any atom is 0.426 e. The van der Waals surface area contributed by atoms with Gasteiger partial charge in [-0.15, -0.1) is 11.3 Å². The third-order valence-electron chi connectivity index (χ3n) is 4.51. The lowest BCUT2D eigenvalue weighted by molar-refractivity contribution is -0.366. The molecule has 0 spiro atoms. The first-order chi connectivity index (χ1) is 13.3. The molecule has 1 aliphatic carbocycles. The average molecular weight is 447 g/mol. The van der Waals surface area contributed by atoms with Crippen molar-refractivity contribution in [2.75, 3.05) is 11.9 Å². The minimum Gasteiger partial charge on any atom is -0.462 e. The first-order valence-electron chi connectivity index (χ1n) is 8.79. The Morgan fingerprint density at radius 1 is 1.07 bits per heavy atom. The number of carbonyl (C=O) groups is 2. The Morgan fingerprint density at radius 3 is 2.21 bits per heavy atom. The quantitative estimate of drug-likeness (QED) is 0.399. The summed E-state index contributed by atoms with van der Waals surface area (Å²) in [7, 11) is 0. The monoisotopic (exact) mass is 447 g/mol. The number of halogens is 6. The Balaban J connectivity index is 2.35. The zero-order valence-corrected chi connectivity index (χ0v) is 16.1. The van der Waals surface area contributed by atoms with Crippen molar-refractivity contribution in [3.63, 3.8) is 0 Å². The van der Waals surface area contributed by atoms with Crippen LogP contribution < -0.4 is 5.32 Å². The number of fused-ring (bicyclic) bond motifs is 1. The van der Waals surface area contributed by atoms with Crippen molar-refractivity contribution in [2.24, 2.45) is 0 Å². The molecule has 0 saturated carbocycles. The van der Waals surface area contributed by atoms with Gasteiger partial charge >= 0.3 is 18.3 Å². The van der Waals surface area contributed by atoms with E-state index in [0.717, 1.165) is 35.5 Å². The number of aryl methyl sites for hydroxylation is 1. The fourth-order valence-electron chi connectivity index (χ4n) is 3.01. The fraction of sp³-hybridized carbons (Fsp3) is 0.647. The minimum atomic E-state index is -6.11. The van der Waals surface area contributed by atoms with Crippen LogP contribution in [0.3, 0.4) is 0 Å². The van der Waals surface area contributed by atoms with Crippen LogP contribution in [0.25, 0.3) is 0 Å². The van der Waals surface area contributed by atoms with E-state index < -0.39 is 36.3 Å². The molecule has 0 aromatic carbocycles. The predicted octanol–water partition coefficient (Wildman–Crippen LogP) is 4.38. The van der Waals surface area contributed by atoms with Crippen molar-refractivity contribution >= 4 is 28.2 Å². The minimum absolute atomic E-state index is 0.00125. The van der Waals surface area contributed by atoms with Crippen molar-refractivity contribution in [3.8, 4) is 0 Å². The molecule has 0 bridgehead atoms. The molecule has 0 atom stereocenters. The van der Waals surface area contributed by atoms with Crippen LogP contribution in [0.1, 0.15) is 53.4 Å². The van der Waals surface area contributed by atoms with E-state index in [1.807, 2.05) is 5.32 Å². The highest BCUT2D eigenvalue weighted by atomic mass is 32.1. The summed E-state index contributed by atoms with van der Waals surface area (Å²) in [4.78, 5) is 25.1. The lowest BCUT2D eigenvalue weighted by atomic mass is 9.97. The summed E-state index contributed by atoms with van der Waals surface area (Å²) < 4.78 is 81.8. The normalized spacial score (nSPS) is 15.4. The van der Waals surface area contributed by atoms with E-state index >= 15 is 0 Å². The second-order valence-corrected chi connectivity index (χ2v) is 7.67. The summed E-state index contributed by atoms with van der Waals surface area (Å²) in [6.45, 7) is 1.53. The summed E-state index contributed by atoms with van der Waals surface area (Å²) in [5.41, 5.74) is -4.67. The van der Waals surface area contributed by atoms with Crippen LogP contribution in [0.4, 0.5) is 31.3 Å². The van der Waals surface area contributed by atoms with Crippen molar-refractivity contribution in [1.82, 2.24) is 0 Å². The lowest BCUT2D eigenvalue weighted by Gasteiger charge is -2.31. The van der Waals surface area contributed by atoms with E-state index in [1.165, 1.54) is 6.92 Å². The van der Waals surface area contributed by atoms with E-state index in [1.54, 1.807) is 0 Å². The van der Waals surface area contributed by atoms with Gasteiger partial charge in [0.05, 0.1) is 18.6 Å². The average Bonchev–Trinajstić information content (AvgIpc) is 2.74. The van der Waals surface area contributed by atoms with E-state index in [4.69, 9.17) is 4.74 Å². The zero-order valence-electron chi connectivity index (χ0n) is 15.3. The number of thiophene rings is 1. The molecule has 0 radical (unpaired) electrons. The zero-order chi connectivity index (χ0) is 22.0. The third kappa shape index (κ3) is 4.85. The van der Waals surface area contributed by atoms with Gasteiger partial charge in [0, 0.05) is 4.88 Å². The molecule has 1 aliphatic rings. The second-order valence-electron chi connectivity index (χ2n) is 6.57. The molecule has 1 amide bonds. The van der Waals surface area contributed by atoms with Crippen LogP contribution in [-0.2, 0) is 22.4 Å². The fourth-order valence-corrected chi connectivity index (χ4v) is 4.31. The van der Waals surface area contributed by atoms with Crippen molar-refractivity contribution in [2.45, 2.75) is 63.4 Å². The number of hydrogen-bond donors (Lipinski definition) is 2. The maximum absolute atomic E-state index is 12.8. The molecule has 5 nitrogen and oxygen atoms in total. The van der Waals surface area contributed by atoms with Gasteiger partial charge in [0.2, 0.25) is 5.91 Å². The van der Waals surface area contributed by atoms with Gasteiger partial charge in [-0.05, 0) is 38.2 Å². The van der Waals surface area contributed by atoms with Gasteiger partial charge in [0.15, 0.2) is 0 Å². The summed E-state index contributed by atoms with van der Waals surface area (Å²) in [5, 5.41) is 11.0. The van der Waals surface area contributed by atoms with E-state index in [0.29, 0.717) is 18.4 Å². The molecule has 0 aliphatic heterocycles. The number of amides is 1. The molecule has 164 valence electrons. The standard InChI is InChI=1S/C17H19F6NO4S/c1-2-28-14(26)12-9-6-4-3-5-7-10(9)29-13(12)24-11(25)8-15(27,16(18,19)20)17(21,22)23/h27H,2-8H2,1H3,(H,24,25). The Labute approximate surface area is 166 Å². The molecular formula is C17H19F6NO4S. The van der Waals surface area contributed by atoms with Crippen LogP contribution in [0, 0.1) is 0 Å². The number of esters is 1. The summed E-state index contributed by atoms with van der Waals surface area (Å²) >= 11 is 0.922. The van der Waals surface area contributed by atoms with E-state index in [9.17, 15) is 41.0 Å².